The summed E-state index contributed by atoms with van der Waals surface area (Å²) in [5, 5.41) is 0. The molecule has 0 spiro atoms. The minimum Gasteiger partial charge on any atom is -0.466 e. The van der Waals surface area contributed by atoms with Gasteiger partial charge in [-0.3, -0.25) is 14.4 Å². The van der Waals surface area contributed by atoms with Gasteiger partial charge in [0, 0.05) is 31.6 Å². The topological polar surface area (TPSA) is 60.4 Å². The average molecular weight is 226 g/mol. The molecule has 1 saturated carbocycles. The molecule has 1 aliphatic rings. The van der Waals surface area contributed by atoms with E-state index < -0.39 is 0 Å². The molecule has 0 bridgehead atoms. The fraction of sp³-hybridized carbons (Fsp3) is 0.750. The van der Waals surface area contributed by atoms with Gasteiger partial charge in [0.05, 0.1) is 6.61 Å². The van der Waals surface area contributed by atoms with Crippen LogP contribution in [0.5, 0.6) is 0 Å². The Bertz CT molecular complexity index is 283. The van der Waals surface area contributed by atoms with Crippen molar-refractivity contribution in [2.45, 2.75) is 45.4 Å². The van der Waals surface area contributed by atoms with Crippen LogP contribution in [0.1, 0.15) is 45.4 Å². The molecular weight excluding hydrogens is 208 g/mol. The van der Waals surface area contributed by atoms with E-state index in [1.165, 1.54) is 0 Å². The number of ether oxygens (including phenoxy) is 1. The fourth-order valence-corrected chi connectivity index (χ4v) is 1.80. The third-order valence-corrected chi connectivity index (χ3v) is 2.74. The van der Waals surface area contributed by atoms with Gasteiger partial charge in [-0.15, -0.1) is 0 Å². The molecule has 1 rings (SSSR count). The molecule has 90 valence electrons. The maximum absolute atomic E-state index is 11.5. The first-order valence-corrected chi connectivity index (χ1v) is 5.83. The van der Waals surface area contributed by atoms with Gasteiger partial charge in [-0.25, -0.2) is 0 Å². The van der Waals surface area contributed by atoms with Gasteiger partial charge < -0.3 is 4.74 Å². The van der Waals surface area contributed by atoms with Gasteiger partial charge in [0.25, 0.3) is 0 Å². The first-order valence-electron chi connectivity index (χ1n) is 5.83. The summed E-state index contributed by atoms with van der Waals surface area (Å²) in [6, 6.07) is 0. The second kappa shape index (κ2) is 6.40. The van der Waals surface area contributed by atoms with Gasteiger partial charge in [-0.05, 0) is 12.8 Å². The Hall–Kier alpha value is -1.19. The highest BCUT2D eigenvalue weighted by Gasteiger charge is 2.27. The van der Waals surface area contributed by atoms with Crippen LogP contribution in [-0.2, 0) is 19.1 Å². The summed E-state index contributed by atoms with van der Waals surface area (Å²) < 4.78 is 4.91. The van der Waals surface area contributed by atoms with Gasteiger partial charge in [-0.1, -0.05) is 6.92 Å². The lowest BCUT2D eigenvalue weighted by Crippen LogP contribution is -2.25. The number of carbonyl (C=O) groups excluding carboxylic acids is 3. The van der Waals surface area contributed by atoms with E-state index in [-0.39, 0.29) is 29.9 Å². The number of rotatable bonds is 5. The molecule has 0 aromatic carbocycles. The lowest BCUT2D eigenvalue weighted by molar-refractivity contribution is -0.144. The zero-order valence-electron chi connectivity index (χ0n) is 9.66. The Morgan fingerprint density at radius 3 is 2.81 bits per heavy atom. The third kappa shape index (κ3) is 4.13. The molecule has 0 N–H and O–H groups in total. The standard InChI is InChI=1S/C12H18O4/c1-2-7-16-12(15)6-3-9-8-10(13)4-5-11(9)14/h9H,2-8H2,1H3. The van der Waals surface area contributed by atoms with Crippen molar-refractivity contribution in [3.05, 3.63) is 0 Å². The van der Waals surface area contributed by atoms with Crippen molar-refractivity contribution in [2.75, 3.05) is 6.61 Å². The Balaban J connectivity index is 2.27. The Labute approximate surface area is 95.3 Å². The summed E-state index contributed by atoms with van der Waals surface area (Å²) in [5.41, 5.74) is 0. The van der Waals surface area contributed by atoms with Crippen LogP contribution in [0.4, 0.5) is 0 Å². The van der Waals surface area contributed by atoms with E-state index in [0.717, 1.165) is 6.42 Å². The Kier molecular flexibility index (Phi) is 5.15. The second-order valence-corrected chi connectivity index (χ2v) is 4.17. The smallest absolute Gasteiger partial charge is 0.305 e. The highest BCUT2D eigenvalue weighted by atomic mass is 16.5. The van der Waals surface area contributed by atoms with Crippen LogP contribution < -0.4 is 0 Å². The van der Waals surface area contributed by atoms with E-state index >= 15 is 0 Å². The second-order valence-electron chi connectivity index (χ2n) is 4.17. The first-order chi connectivity index (χ1) is 7.63. The van der Waals surface area contributed by atoms with Gasteiger partial charge in [0.15, 0.2) is 0 Å². The molecule has 1 unspecified atom stereocenters. The largest absolute Gasteiger partial charge is 0.466 e. The summed E-state index contributed by atoms with van der Waals surface area (Å²) >= 11 is 0. The normalized spacial score (nSPS) is 20.9. The molecule has 0 saturated heterocycles. The molecule has 16 heavy (non-hydrogen) atoms. The van der Waals surface area contributed by atoms with Crippen molar-refractivity contribution >= 4 is 17.5 Å². The summed E-state index contributed by atoms with van der Waals surface area (Å²) in [5.74, 6) is -0.280. The van der Waals surface area contributed by atoms with Gasteiger partial charge >= 0.3 is 5.97 Å². The van der Waals surface area contributed by atoms with Gasteiger partial charge in [0.2, 0.25) is 0 Å². The lowest BCUT2D eigenvalue weighted by Gasteiger charge is -2.18. The third-order valence-electron chi connectivity index (χ3n) is 2.74. The summed E-state index contributed by atoms with van der Waals surface area (Å²) in [7, 11) is 0. The predicted octanol–water partition coefficient (Wildman–Crippen LogP) is 1.66. The summed E-state index contributed by atoms with van der Waals surface area (Å²) in [6.45, 7) is 2.35. The van der Waals surface area contributed by atoms with E-state index in [4.69, 9.17) is 4.74 Å². The van der Waals surface area contributed by atoms with Crippen LogP contribution in [0.2, 0.25) is 0 Å². The van der Waals surface area contributed by atoms with E-state index in [0.29, 0.717) is 32.3 Å². The minimum atomic E-state index is -0.271. The molecule has 0 aromatic heterocycles. The monoisotopic (exact) mass is 226 g/mol. The number of ketones is 2. The molecule has 0 amide bonds. The predicted molar refractivity (Wildman–Crippen MR) is 57.8 cm³/mol. The molecule has 0 aromatic rings. The maximum atomic E-state index is 11.5. The van der Waals surface area contributed by atoms with Crippen LogP contribution in [0.25, 0.3) is 0 Å². The van der Waals surface area contributed by atoms with Crippen molar-refractivity contribution < 1.29 is 19.1 Å². The number of esters is 1. The van der Waals surface area contributed by atoms with E-state index in [1.807, 2.05) is 6.92 Å². The molecular formula is C12H18O4. The highest BCUT2D eigenvalue weighted by molar-refractivity contribution is 5.94. The molecule has 1 fully saturated rings. The summed E-state index contributed by atoms with van der Waals surface area (Å²) in [4.78, 5) is 33.8. The van der Waals surface area contributed by atoms with E-state index in [1.54, 1.807) is 0 Å². The number of hydrogen-bond acceptors (Lipinski definition) is 4. The van der Waals surface area contributed by atoms with E-state index in [9.17, 15) is 14.4 Å². The fourth-order valence-electron chi connectivity index (χ4n) is 1.80. The molecule has 4 heteroatoms. The van der Waals surface area contributed by atoms with Crippen molar-refractivity contribution in [1.29, 1.82) is 0 Å². The van der Waals surface area contributed by atoms with Crippen molar-refractivity contribution in [1.82, 2.24) is 0 Å². The van der Waals surface area contributed by atoms with Crippen molar-refractivity contribution in [3.8, 4) is 0 Å². The Morgan fingerprint density at radius 2 is 2.12 bits per heavy atom. The van der Waals surface area contributed by atoms with Crippen LogP contribution in [0.3, 0.4) is 0 Å². The lowest BCUT2D eigenvalue weighted by atomic mass is 9.84. The van der Waals surface area contributed by atoms with Gasteiger partial charge in [-0.2, -0.15) is 0 Å². The molecule has 0 radical (unpaired) electrons. The number of hydrogen-bond donors (Lipinski definition) is 0. The molecule has 0 aliphatic heterocycles. The zero-order chi connectivity index (χ0) is 12.0. The van der Waals surface area contributed by atoms with Crippen molar-refractivity contribution in [2.24, 2.45) is 5.92 Å². The van der Waals surface area contributed by atoms with Gasteiger partial charge in [0.1, 0.15) is 11.6 Å². The quantitative estimate of drug-likeness (QED) is 0.669. The minimum absolute atomic E-state index is 0.114. The summed E-state index contributed by atoms with van der Waals surface area (Å²) in [6.07, 6.45) is 2.51. The molecule has 1 atom stereocenters. The van der Waals surface area contributed by atoms with Crippen LogP contribution in [0, 0.1) is 5.92 Å². The SMILES string of the molecule is CCCOC(=O)CCC1CC(=O)CCC1=O. The number of Topliss-reactive ketones (excluding diaryl/α,β-unsaturated/α-hetero) is 2. The molecule has 4 nitrogen and oxygen atoms in total. The zero-order valence-corrected chi connectivity index (χ0v) is 9.66. The van der Waals surface area contributed by atoms with Crippen LogP contribution in [-0.4, -0.2) is 24.1 Å². The first kappa shape index (κ1) is 12.9. The number of carbonyl (C=O) groups is 3. The molecule has 0 heterocycles. The Morgan fingerprint density at radius 1 is 1.38 bits per heavy atom. The molecule has 1 aliphatic carbocycles. The maximum Gasteiger partial charge on any atom is 0.305 e. The highest BCUT2D eigenvalue weighted by Crippen LogP contribution is 2.22. The van der Waals surface area contributed by atoms with Crippen molar-refractivity contribution in [3.63, 3.8) is 0 Å². The van der Waals surface area contributed by atoms with Crippen LogP contribution >= 0.6 is 0 Å². The van der Waals surface area contributed by atoms with Crippen LogP contribution in [0.15, 0.2) is 0 Å². The van der Waals surface area contributed by atoms with E-state index in [2.05, 4.69) is 0 Å². The average Bonchev–Trinajstić information content (AvgIpc) is 2.27.